The van der Waals surface area contributed by atoms with Crippen LogP contribution in [0, 0.1) is 5.41 Å². The number of aliphatic hydroxyl groups is 1. The first-order chi connectivity index (χ1) is 8.49. The minimum absolute atomic E-state index is 0.404. The summed E-state index contributed by atoms with van der Waals surface area (Å²) in [6.07, 6.45) is 7.80. The van der Waals surface area contributed by atoms with Crippen molar-refractivity contribution in [2.24, 2.45) is 5.41 Å². The van der Waals surface area contributed by atoms with Gasteiger partial charge in [0.15, 0.2) is 0 Å². The zero-order valence-electron chi connectivity index (χ0n) is 11.5. The summed E-state index contributed by atoms with van der Waals surface area (Å²) in [5, 5.41) is 18.0. The van der Waals surface area contributed by atoms with E-state index in [4.69, 9.17) is 0 Å². The molecule has 1 saturated carbocycles. The first-order valence-corrected chi connectivity index (χ1v) is 6.90. The van der Waals surface area contributed by atoms with Gasteiger partial charge in [0, 0.05) is 25.5 Å². The van der Waals surface area contributed by atoms with Crippen LogP contribution in [0.2, 0.25) is 0 Å². The largest absolute Gasteiger partial charge is 0.389 e. The summed E-state index contributed by atoms with van der Waals surface area (Å²) in [7, 11) is 0. The molecule has 1 heterocycles. The van der Waals surface area contributed by atoms with E-state index in [1.54, 1.807) is 6.20 Å². The van der Waals surface area contributed by atoms with Crippen LogP contribution < -0.4 is 5.32 Å². The van der Waals surface area contributed by atoms with Gasteiger partial charge in [-0.3, -0.25) is 4.68 Å². The van der Waals surface area contributed by atoms with Crippen LogP contribution in [0.25, 0.3) is 0 Å². The van der Waals surface area contributed by atoms with E-state index in [9.17, 15) is 5.11 Å². The van der Waals surface area contributed by atoms with E-state index in [-0.39, 0.29) is 0 Å². The number of hydrogen-bond donors (Lipinski definition) is 2. The Kier molecular flexibility index (Phi) is 4.07. The Morgan fingerprint density at radius 1 is 1.28 bits per heavy atom. The Morgan fingerprint density at radius 3 is 2.61 bits per heavy atom. The molecule has 18 heavy (non-hydrogen) atoms. The fourth-order valence-electron chi connectivity index (χ4n) is 2.52. The molecular formula is C14H25N3O. The Morgan fingerprint density at radius 2 is 2.00 bits per heavy atom. The lowest BCUT2D eigenvalue weighted by atomic mass is 9.71. The van der Waals surface area contributed by atoms with E-state index in [0.29, 0.717) is 12.0 Å². The Bertz CT molecular complexity index is 349. The lowest BCUT2D eigenvalue weighted by molar-refractivity contribution is -0.0242. The van der Waals surface area contributed by atoms with Gasteiger partial charge < -0.3 is 10.4 Å². The normalized spacial score (nSPS) is 21.9. The van der Waals surface area contributed by atoms with Crippen molar-refractivity contribution in [2.45, 2.75) is 51.7 Å². The molecule has 0 spiro atoms. The highest BCUT2D eigenvalue weighted by Gasteiger charge is 2.36. The minimum atomic E-state index is -0.500. The van der Waals surface area contributed by atoms with Gasteiger partial charge in [0.25, 0.3) is 0 Å². The Balaban J connectivity index is 1.67. The van der Waals surface area contributed by atoms with Crippen molar-refractivity contribution >= 4 is 0 Å². The van der Waals surface area contributed by atoms with Gasteiger partial charge in [0.2, 0.25) is 0 Å². The highest BCUT2D eigenvalue weighted by molar-refractivity contribution is 4.90. The van der Waals surface area contributed by atoms with E-state index in [2.05, 4.69) is 24.3 Å². The third kappa shape index (κ3) is 3.82. The molecule has 0 aliphatic heterocycles. The molecule has 1 aliphatic carbocycles. The first kappa shape index (κ1) is 13.6. The molecular weight excluding hydrogens is 226 g/mol. The molecule has 1 aliphatic rings. The SMILES string of the molecule is CC1(C)CCC(O)(CNCCn2cccn2)CC1. The van der Waals surface area contributed by atoms with Crippen molar-refractivity contribution in [3.8, 4) is 0 Å². The van der Waals surface area contributed by atoms with Gasteiger partial charge >= 0.3 is 0 Å². The Labute approximate surface area is 109 Å². The quantitative estimate of drug-likeness (QED) is 0.785. The molecule has 0 radical (unpaired) electrons. The predicted molar refractivity (Wildman–Crippen MR) is 72.3 cm³/mol. The molecule has 1 fully saturated rings. The highest BCUT2D eigenvalue weighted by atomic mass is 16.3. The number of nitrogens with one attached hydrogen (secondary N) is 1. The van der Waals surface area contributed by atoms with Crippen molar-refractivity contribution in [2.75, 3.05) is 13.1 Å². The number of hydrogen-bond acceptors (Lipinski definition) is 3. The highest BCUT2D eigenvalue weighted by Crippen LogP contribution is 2.39. The van der Waals surface area contributed by atoms with Gasteiger partial charge in [-0.1, -0.05) is 13.8 Å². The lowest BCUT2D eigenvalue weighted by Gasteiger charge is -2.40. The summed E-state index contributed by atoms with van der Waals surface area (Å²) in [5.74, 6) is 0. The molecule has 4 nitrogen and oxygen atoms in total. The molecule has 0 saturated heterocycles. The van der Waals surface area contributed by atoms with Crippen LogP contribution >= 0.6 is 0 Å². The van der Waals surface area contributed by atoms with Crippen molar-refractivity contribution in [1.29, 1.82) is 0 Å². The summed E-state index contributed by atoms with van der Waals surface area (Å²) >= 11 is 0. The standard InChI is InChI=1S/C14H25N3O/c1-13(2)4-6-14(18,7-5-13)12-15-9-11-17-10-3-8-16-17/h3,8,10,15,18H,4-7,9,11-12H2,1-2H3. The van der Waals surface area contributed by atoms with E-state index in [1.165, 1.54) is 0 Å². The molecule has 0 amide bonds. The molecule has 0 unspecified atom stereocenters. The summed E-state index contributed by atoms with van der Waals surface area (Å²) in [6.45, 7) is 6.99. The Hall–Kier alpha value is -0.870. The summed E-state index contributed by atoms with van der Waals surface area (Å²) in [6, 6.07) is 1.93. The molecule has 1 aromatic heterocycles. The van der Waals surface area contributed by atoms with Crippen molar-refractivity contribution in [1.82, 2.24) is 15.1 Å². The topological polar surface area (TPSA) is 50.1 Å². The van der Waals surface area contributed by atoms with Gasteiger partial charge in [-0.2, -0.15) is 5.10 Å². The maximum atomic E-state index is 10.5. The third-order valence-corrected chi connectivity index (χ3v) is 4.07. The average Bonchev–Trinajstić information content (AvgIpc) is 2.83. The van der Waals surface area contributed by atoms with Crippen molar-refractivity contribution < 1.29 is 5.11 Å². The zero-order valence-corrected chi connectivity index (χ0v) is 11.5. The summed E-state index contributed by atoms with van der Waals surface area (Å²) in [5.41, 5.74) is -0.0963. The molecule has 0 aromatic carbocycles. The fraction of sp³-hybridized carbons (Fsp3) is 0.786. The molecule has 4 heteroatoms. The lowest BCUT2D eigenvalue weighted by Crippen LogP contribution is -2.45. The van der Waals surface area contributed by atoms with Crippen LogP contribution in [0.1, 0.15) is 39.5 Å². The van der Waals surface area contributed by atoms with Crippen LogP contribution in [0.5, 0.6) is 0 Å². The van der Waals surface area contributed by atoms with Gasteiger partial charge in [-0.15, -0.1) is 0 Å². The molecule has 1 aromatic rings. The van der Waals surface area contributed by atoms with E-state index in [0.717, 1.165) is 38.8 Å². The monoisotopic (exact) mass is 251 g/mol. The summed E-state index contributed by atoms with van der Waals surface area (Å²) in [4.78, 5) is 0. The molecule has 2 N–H and O–H groups in total. The average molecular weight is 251 g/mol. The zero-order chi connectivity index (χ0) is 13.1. The number of aromatic nitrogens is 2. The fourth-order valence-corrected chi connectivity index (χ4v) is 2.52. The third-order valence-electron chi connectivity index (χ3n) is 4.07. The van der Waals surface area contributed by atoms with E-state index >= 15 is 0 Å². The van der Waals surface area contributed by atoms with E-state index < -0.39 is 5.60 Å². The smallest absolute Gasteiger partial charge is 0.0772 e. The molecule has 0 bridgehead atoms. The van der Waals surface area contributed by atoms with Crippen LogP contribution in [0.3, 0.4) is 0 Å². The molecule has 0 atom stereocenters. The summed E-state index contributed by atoms with van der Waals surface area (Å²) < 4.78 is 1.90. The molecule has 102 valence electrons. The van der Waals surface area contributed by atoms with Crippen LogP contribution in [-0.4, -0.2) is 33.6 Å². The predicted octanol–water partition coefficient (Wildman–Crippen LogP) is 1.80. The van der Waals surface area contributed by atoms with Gasteiger partial charge in [-0.25, -0.2) is 0 Å². The number of rotatable bonds is 5. The second kappa shape index (κ2) is 5.41. The van der Waals surface area contributed by atoms with Crippen LogP contribution in [0.15, 0.2) is 18.5 Å². The minimum Gasteiger partial charge on any atom is -0.389 e. The first-order valence-electron chi connectivity index (χ1n) is 6.90. The number of nitrogens with zero attached hydrogens (tertiary/aromatic N) is 2. The second-order valence-corrected chi connectivity index (χ2v) is 6.33. The molecule has 2 rings (SSSR count). The maximum absolute atomic E-state index is 10.5. The van der Waals surface area contributed by atoms with Crippen LogP contribution in [0.4, 0.5) is 0 Å². The van der Waals surface area contributed by atoms with Gasteiger partial charge in [0.1, 0.15) is 0 Å². The second-order valence-electron chi connectivity index (χ2n) is 6.33. The maximum Gasteiger partial charge on any atom is 0.0772 e. The van der Waals surface area contributed by atoms with Gasteiger partial charge in [0.05, 0.1) is 12.1 Å². The van der Waals surface area contributed by atoms with Crippen molar-refractivity contribution in [3.63, 3.8) is 0 Å². The van der Waals surface area contributed by atoms with Crippen LogP contribution in [-0.2, 0) is 6.54 Å². The van der Waals surface area contributed by atoms with Crippen molar-refractivity contribution in [3.05, 3.63) is 18.5 Å². The van der Waals surface area contributed by atoms with Gasteiger partial charge in [-0.05, 0) is 37.2 Å². The van der Waals surface area contributed by atoms with E-state index in [1.807, 2.05) is 16.9 Å².